The van der Waals surface area contributed by atoms with Crippen LogP contribution in [0, 0.1) is 0 Å². The Hall–Kier alpha value is -2.12. The molecule has 1 aromatic rings. The predicted molar refractivity (Wildman–Crippen MR) is 116 cm³/mol. The molecule has 7 heteroatoms. The van der Waals surface area contributed by atoms with E-state index in [1.165, 1.54) is 6.92 Å². The second-order valence-electron chi connectivity index (χ2n) is 8.54. The molecule has 2 heterocycles. The summed E-state index contributed by atoms with van der Waals surface area (Å²) in [5, 5.41) is 0. The van der Waals surface area contributed by atoms with Crippen molar-refractivity contribution in [2.45, 2.75) is 66.1 Å². The van der Waals surface area contributed by atoms with Gasteiger partial charge >= 0.3 is 5.97 Å². The zero-order valence-corrected chi connectivity index (χ0v) is 19.3. The van der Waals surface area contributed by atoms with Gasteiger partial charge in [-0.15, -0.1) is 0 Å². The van der Waals surface area contributed by atoms with Gasteiger partial charge in [0.15, 0.2) is 15.9 Å². The van der Waals surface area contributed by atoms with Crippen molar-refractivity contribution < 1.29 is 27.4 Å². The number of carbonyl (C=O) groups is 1. The van der Waals surface area contributed by atoms with Crippen LogP contribution in [0.1, 0.15) is 59.1 Å². The van der Waals surface area contributed by atoms with Gasteiger partial charge in [0.05, 0.1) is 28.6 Å². The Kier molecular flexibility index (Phi) is 6.16. The molecule has 1 unspecified atom stereocenters. The first kappa shape index (κ1) is 22.6. The molecule has 0 bridgehead atoms. The van der Waals surface area contributed by atoms with Crippen molar-refractivity contribution >= 4 is 21.4 Å². The minimum atomic E-state index is -3.68. The molecule has 2 aliphatic heterocycles. The Balaban J connectivity index is 2.19. The highest BCUT2D eigenvalue weighted by atomic mass is 32.2. The van der Waals surface area contributed by atoms with Gasteiger partial charge in [0.25, 0.3) is 0 Å². The van der Waals surface area contributed by atoms with Crippen molar-refractivity contribution in [3.05, 3.63) is 44.7 Å². The molecule has 0 N–H and O–H groups in total. The summed E-state index contributed by atoms with van der Waals surface area (Å²) in [6.45, 7) is 11.1. The molecular weight excluding hydrogens is 404 g/mol. The fourth-order valence-electron chi connectivity index (χ4n) is 3.86. The number of rotatable bonds is 5. The molecule has 0 saturated heterocycles. The summed E-state index contributed by atoms with van der Waals surface area (Å²) in [5.41, 5.74) is 1.96. The topological polar surface area (TPSA) is 78.9 Å². The zero-order valence-electron chi connectivity index (χ0n) is 18.5. The van der Waals surface area contributed by atoms with Crippen LogP contribution in [-0.4, -0.2) is 39.3 Å². The van der Waals surface area contributed by atoms with Crippen LogP contribution in [-0.2, 0) is 30.5 Å². The van der Waals surface area contributed by atoms with Gasteiger partial charge in [0.2, 0.25) is 0 Å². The molecule has 0 radical (unpaired) electrons. The molecule has 30 heavy (non-hydrogen) atoms. The molecule has 0 aliphatic carbocycles. The van der Waals surface area contributed by atoms with Crippen LogP contribution >= 0.6 is 0 Å². The van der Waals surface area contributed by atoms with Gasteiger partial charge in [-0.1, -0.05) is 6.07 Å². The first-order chi connectivity index (χ1) is 14.0. The Morgan fingerprint density at radius 2 is 1.90 bits per heavy atom. The van der Waals surface area contributed by atoms with E-state index in [0.29, 0.717) is 17.8 Å². The zero-order chi connectivity index (χ0) is 22.3. The summed E-state index contributed by atoms with van der Waals surface area (Å²) >= 11 is 0. The maximum absolute atomic E-state index is 13.1. The molecule has 2 aliphatic rings. The van der Waals surface area contributed by atoms with Gasteiger partial charge in [-0.05, 0) is 77.6 Å². The van der Waals surface area contributed by atoms with Crippen molar-refractivity contribution in [1.29, 1.82) is 0 Å². The summed E-state index contributed by atoms with van der Waals surface area (Å²) < 4.78 is 43.2. The summed E-state index contributed by atoms with van der Waals surface area (Å²) in [7, 11) is -3.68. The van der Waals surface area contributed by atoms with Crippen LogP contribution in [0.25, 0.3) is 5.57 Å². The first-order valence-electron chi connectivity index (χ1n) is 10.2. The smallest absolute Gasteiger partial charge is 0.340 e. The van der Waals surface area contributed by atoms with Crippen LogP contribution in [0.15, 0.2) is 33.6 Å². The van der Waals surface area contributed by atoms with E-state index in [2.05, 4.69) is 0 Å². The van der Waals surface area contributed by atoms with Gasteiger partial charge in [-0.3, -0.25) is 0 Å². The molecule has 0 saturated carbocycles. The van der Waals surface area contributed by atoms with Crippen molar-refractivity contribution in [1.82, 2.24) is 0 Å². The molecule has 3 rings (SSSR count). The average Bonchev–Trinajstić information content (AvgIpc) is 2.85. The number of hydrogen-bond acceptors (Lipinski definition) is 6. The Morgan fingerprint density at radius 1 is 1.20 bits per heavy atom. The largest absolute Gasteiger partial charge is 0.493 e. The van der Waals surface area contributed by atoms with E-state index in [-0.39, 0.29) is 16.4 Å². The third-order valence-electron chi connectivity index (χ3n) is 5.24. The van der Waals surface area contributed by atoms with Crippen molar-refractivity contribution in [3.8, 4) is 5.75 Å². The summed E-state index contributed by atoms with van der Waals surface area (Å²) in [5.74, 6) is 0.227. The number of allylic oxidation sites excluding steroid dienone is 2. The van der Waals surface area contributed by atoms with E-state index in [0.717, 1.165) is 29.7 Å². The van der Waals surface area contributed by atoms with E-state index < -0.39 is 27.5 Å². The fourth-order valence-corrected chi connectivity index (χ4v) is 5.32. The molecule has 0 fully saturated rings. The molecule has 1 atom stereocenters. The van der Waals surface area contributed by atoms with Gasteiger partial charge < -0.3 is 14.2 Å². The Bertz CT molecular complexity index is 1020. The minimum absolute atomic E-state index is 0.131. The van der Waals surface area contributed by atoms with Crippen molar-refractivity contribution in [2.75, 3.05) is 13.2 Å². The maximum Gasteiger partial charge on any atom is 0.340 e. The van der Waals surface area contributed by atoms with Crippen molar-refractivity contribution in [3.63, 3.8) is 0 Å². The lowest BCUT2D eigenvalue weighted by molar-refractivity contribution is -0.161. The second kappa shape index (κ2) is 8.19. The summed E-state index contributed by atoms with van der Waals surface area (Å²) in [6, 6.07) is 5.67. The SMILES string of the molecule is CCOC(=O)C(OC(C)(C)C)C1=C(C)S(=O)(=O)C(C)=C1c1ccc2c(c1)CCCO2. The highest BCUT2D eigenvalue weighted by Crippen LogP contribution is 2.45. The van der Waals surface area contributed by atoms with Crippen LogP contribution < -0.4 is 4.74 Å². The lowest BCUT2D eigenvalue weighted by Crippen LogP contribution is -2.36. The van der Waals surface area contributed by atoms with E-state index in [4.69, 9.17) is 14.2 Å². The Morgan fingerprint density at radius 3 is 2.53 bits per heavy atom. The van der Waals surface area contributed by atoms with Gasteiger partial charge in [0, 0.05) is 11.1 Å². The van der Waals surface area contributed by atoms with Crippen LogP contribution in [0.4, 0.5) is 0 Å². The molecule has 0 aromatic heterocycles. The van der Waals surface area contributed by atoms with Crippen molar-refractivity contribution in [2.24, 2.45) is 0 Å². The monoisotopic (exact) mass is 434 g/mol. The molecule has 6 nitrogen and oxygen atoms in total. The van der Waals surface area contributed by atoms with Crippen LogP contribution in [0.2, 0.25) is 0 Å². The molecule has 0 spiro atoms. The number of benzene rings is 1. The quantitative estimate of drug-likeness (QED) is 0.647. The standard InChI is InChI=1S/C23H30O6S/c1-7-27-22(24)21(29-23(4,5)6)20-15(3)30(25,26)14(2)19(20)17-10-11-18-16(13-17)9-8-12-28-18/h10-11,13,21H,7-9,12H2,1-6H3. The second-order valence-corrected chi connectivity index (χ2v) is 10.8. The number of carbonyl (C=O) groups excluding carboxylic acids is 1. The third-order valence-corrected chi connectivity index (χ3v) is 7.27. The molecule has 1 aromatic carbocycles. The van der Waals surface area contributed by atoms with E-state index in [1.54, 1.807) is 13.8 Å². The number of hydrogen-bond donors (Lipinski definition) is 0. The lowest BCUT2D eigenvalue weighted by atomic mass is 9.90. The average molecular weight is 435 g/mol. The minimum Gasteiger partial charge on any atom is -0.493 e. The van der Waals surface area contributed by atoms with Gasteiger partial charge in [-0.25, -0.2) is 13.2 Å². The number of sulfone groups is 1. The lowest BCUT2D eigenvalue weighted by Gasteiger charge is -2.28. The predicted octanol–water partition coefficient (Wildman–Crippen LogP) is 4.19. The number of aryl methyl sites for hydroxylation is 1. The van der Waals surface area contributed by atoms with Crippen LogP contribution in [0.5, 0.6) is 5.75 Å². The van der Waals surface area contributed by atoms with E-state index >= 15 is 0 Å². The molecular formula is C23H30O6S. The summed E-state index contributed by atoms with van der Waals surface area (Å²) in [4.78, 5) is 13.2. The van der Waals surface area contributed by atoms with Gasteiger partial charge in [-0.2, -0.15) is 0 Å². The van der Waals surface area contributed by atoms with Crippen LogP contribution in [0.3, 0.4) is 0 Å². The Labute approximate surface area is 178 Å². The highest BCUT2D eigenvalue weighted by Gasteiger charge is 2.42. The molecule has 164 valence electrons. The molecule has 0 amide bonds. The normalized spacial score (nSPS) is 19.4. The van der Waals surface area contributed by atoms with E-state index in [9.17, 15) is 13.2 Å². The maximum atomic E-state index is 13.1. The highest BCUT2D eigenvalue weighted by molar-refractivity contribution is 7.99. The first-order valence-corrected chi connectivity index (χ1v) is 11.7. The fraction of sp³-hybridized carbons (Fsp3) is 0.522. The number of fused-ring (bicyclic) bond motifs is 1. The van der Waals surface area contributed by atoms with Gasteiger partial charge in [0.1, 0.15) is 5.75 Å². The van der Waals surface area contributed by atoms with E-state index in [1.807, 2.05) is 39.0 Å². The number of ether oxygens (including phenoxy) is 3. The summed E-state index contributed by atoms with van der Waals surface area (Å²) in [6.07, 6.45) is 0.632. The third kappa shape index (κ3) is 4.18. The number of esters is 1.